The van der Waals surface area contributed by atoms with Crippen LogP contribution in [-0.4, -0.2) is 0 Å². The Morgan fingerprint density at radius 1 is 0.345 bits per heavy atom. The number of hydrogen-bond acceptors (Lipinski definition) is 1. The molecule has 0 aliphatic carbocycles. The van der Waals surface area contributed by atoms with Crippen LogP contribution in [0, 0.1) is 0 Å². The van der Waals surface area contributed by atoms with Crippen LogP contribution in [0.15, 0.2) is 206 Å². The SMILES string of the molecule is c1ccc(N2c3ccccc3CC2c2ccc(-c3ccc4c(-c5ccc6ccccc6c5)c5ccccc5c(-c5ccc6ccccc6c5)c4c3)cc2)cc1. The van der Waals surface area contributed by atoms with E-state index < -0.39 is 0 Å². The minimum atomic E-state index is 0.237. The van der Waals surface area contributed by atoms with Crippen molar-refractivity contribution in [2.75, 3.05) is 4.90 Å². The Morgan fingerprint density at radius 2 is 0.855 bits per heavy atom. The molecule has 55 heavy (non-hydrogen) atoms. The average Bonchev–Trinajstić information content (AvgIpc) is 3.65. The van der Waals surface area contributed by atoms with Crippen molar-refractivity contribution in [3.8, 4) is 33.4 Å². The number of hydrogen-bond donors (Lipinski definition) is 0. The molecule has 0 saturated carbocycles. The van der Waals surface area contributed by atoms with Crippen LogP contribution in [0.5, 0.6) is 0 Å². The Bertz CT molecular complexity index is 3070. The minimum Gasteiger partial charge on any atom is -0.333 e. The van der Waals surface area contributed by atoms with Gasteiger partial charge in [-0.15, -0.1) is 0 Å². The molecule has 10 aromatic rings. The molecule has 0 bridgehead atoms. The Balaban J connectivity index is 1.09. The first-order valence-electron chi connectivity index (χ1n) is 19.3. The van der Waals surface area contributed by atoms with Crippen LogP contribution in [0.3, 0.4) is 0 Å². The van der Waals surface area contributed by atoms with Crippen molar-refractivity contribution < 1.29 is 0 Å². The fourth-order valence-electron chi connectivity index (χ4n) is 9.13. The highest BCUT2D eigenvalue weighted by atomic mass is 15.2. The number of benzene rings is 10. The highest BCUT2D eigenvalue weighted by Gasteiger charge is 2.31. The second kappa shape index (κ2) is 12.9. The molecule has 1 aliphatic rings. The van der Waals surface area contributed by atoms with Crippen LogP contribution in [0.25, 0.3) is 76.5 Å². The summed E-state index contributed by atoms with van der Waals surface area (Å²) >= 11 is 0. The van der Waals surface area contributed by atoms with E-state index in [1.165, 1.54) is 99.0 Å². The zero-order chi connectivity index (χ0) is 36.3. The van der Waals surface area contributed by atoms with Crippen LogP contribution in [0.2, 0.25) is 0 Å². The lowest BCUT2D eigenvalue weighted by Crippen LogP contribution is -2.19. The number of rotatable bonds is 5. The monoisotopic (exact) mass is 699 g/mol. The van der Waals surface area contributed by atoms with E-state index in [1.54, 1.807) is 0 Å². The zero-order valence-corrected chi connectivity index (χ0v) is 30.4. The molecule has 11 rings (SSSR count). The molecule has 0 fully saturated rings. The Morgan fingerprint density at radius 3 is 1.53 bits per heavy atom. The summed E-state index contributed by atoms with van der Waals surface area (Å²) in [6, 6.07) is 76.5. The van der Waals surface area contributed by atoms with Gasteiger partial charge in [0, 0.05) is 11.4 Å². The zero-order valence-electron chi connectivity index (χ0n) is 30.4. The van der Waals surface area contributed by atoms with Crippen LogP contribution in [-0.2, 0) is 6.42 Å². The highest BCUT2D eigenvalue weighted by Crippen LogP contribution is 2.47. The van der Waals surface area contributed by atoms with Crippen LogP contribution >= 0.6 is 0 Å². The van der Waals surface area contributed by atoms with Gasteiger partial charge in [-0.05, 0) is 130 Å². The molecule has 1 atom stereocenters. The van der Waals surface area contributed by atoms with Gasteiger partial charge in [0.2, 0.25) is 0 Å². The van der Waals surface area contributed by atoms with Gasteiger partial charge in [-0.25, -0.2) is 0 Å². The van der Waals surface area contributed by atoms with E-state index in [0.29, 0.717) is 0 Å². The predicted octanol–water partition coefficient (Wildman–Crippen LogP) is 14.7. The van der Waals surface area contributed by atoms with E-state index in [1.807, 2.05) is 0 Å². The fourth-order valence-corrected chi connectivity index (χ4v) is 9.13. The molecule has 1 unspecified atom stereocenters. The van der Waals surface area contributed by atoms with Crippen LogP contribution in [0.1, 0.15) is 17.2 Å². The van der Waals surface area contributed by atoms with Crippen molar-refractivity contribution in [3.05, 3.63) is 217 Å². The largest absolute Gasteiger partial charge is 0.333 e. The molecule has 1 heteroatoms. The molecule has 258 valence electrons. The van der Waals surface area contributed by atoms with E-state index in [0.717, 1.165) is 6.42 Å². The van der Waals surface area contributed by atoms with E-state index in [-0.39, 0.29) is 6.04 Å². The standard InChI is InChI=1S/C54H37N/c1-2-17-46(18-3-1)55-51-21-11-8-16-43(51)35-52(55)39-26-22-38(23-27-39)42-30-31-49-50(34-42)54(45-29-25-37-13-5-7-15-41(37)33-45)48-20-10-9-19-47(48)53(49)44-28-24-36-12-4-6-14-40(36)32-44/h1-34,52H,35H2. The molecular weight excluding hydrogens is 663 g/mol. The van der Waals surface area contributed by atoms with E-state index >= 15 is 0 Å². The smallest absolute Gasteiger partial charge is 0.0632 e. The molecule has 0 spiro atoms. The summed E-state index contributed by atoms with van der Waals surface area (Å²) in [5.41, 5.74) is 12.7. The lowest BCUT2D eigenvalue weighted by atomic mass is 9.84. The molecule has 0 saturated heterocycles. The molecule has 1 aliphatic heterocycles. The highest BCUT2D eigenvalue weighted by molar-refractivity contribution is 6.22. The predicted molar refractivity (Wildman–Crippen MR) is 234 cm³/mol. The molecule has 0 radical (unpaired) electrons. The summed E-state index contributed by atoms with van der Waals surface area (Å²) in [4.78, 5) is 2.51. The molecular formula is C54H37N. The summed E-state index contributed by atoms with van der Waals surface area (Å²) in [5.74, 6) is 0. The minimum absolute atomic E-state index is 0.237. The maximum atomic E-state index is 2.51. The average molecular weight is 700 g/mol. The van der Waals surface area contributed by atoms with Gasteiger partial charge in [-0.1, -0.05) is 170 Å². The molecule has 10 aromatic carbocycles. The number of para-hydroxylation sites is 2. The van der Waals surface area contributed by atoms with Gasteiger partial charge in [0.15, 0.2) is 0 Å². The first-order valence-corrected chi connectivity index (χ1v) is 19.3. The van der Waals surface area contributed by atoms with Crippen LogP contribution in [0.4, 0.5) is 11.4 Å². The van der Waals surface area contributed by atoms with Crippen LogP contribution < -0.4 is 4.90 Å². The van der Waals surface area contributed by atoms with Crippen molar-refractivity contribution in [1.82, 2.24) is 0 Å². The Hall–Kier alpha value is -6.96. The lowest BCUT2D eigenvalue weighted by Gasteiger charge is -2.28. The number of anilines is 2. The second-order valence-corrected chi connectivity index (χ2v) is 14.9. The summed E-state index contributed by atoms with van der Waals surface area (Å²) in [7, 11) is 0. The third kappa shape index (κ3) is 5.31. The molecule has 0 aromatic heterocycles. The second-order valence-electron chi connectivity index (χ2n) is 14.9. The van der Waals surface area contributed by atoms with Crippen molar-refractivity contribution in [1.29, 1.82) is 0 Å². The van der Waals surface area contributed by atoms with Crippen molar-refractivity contribution in [2.45, 2.75) is 12.5 Å². The normalized spacial score (nSPS) is 13.9. The van der Waals surface area contributed by atoms with Gasteiger partial charge in [0.1, 0.15) is 0 Å². The van der Waals surface area contributed by atoms with E-state index in [4.69, 9.17) is 0 Å². The lowest BCUT2D eigenvalue weighted by molar-refractivity contribution is 0.743. The fraction of sp³-hybridized carbons (Fsp3) is 0.0370. The molecule has 1 nitrogen and oxygen atoms in total. The third-order valence-electron chi connectivity index (χ3n) is 11.7. The van der Waals surface area contributed by atoms with Crippen molar-refractivity contribution in [3.63, 3.8) is 0 Å². The summed E-state index contributed by atoms with van der Waals surface area (Å²) in [6.07, 6.45) is 0.986. The van der Waals surface area contributed by atoms with Crippen molar-refractivity contribution in [2.24, 2.45) is 0 Å². The van der Waals surface area contributed by atoms with Gasteiger partial charge in [-0.3, -0.25) is 0 Å². The van der Waals surface area contributed by atoms with Gasteiger partial charge in [0.25, 0.3) is 0 Å². The summed E-state index contributed by atoms with van der Waals surface area (Å²) < 4.78 is 0. The number of fused-ring (bicyclic) bond motifs is 5. The number of nitrogens with zero attached hydrogens (tertiary/aromatic N) is 1. The topological polar surface area (TPSA) is 3.24 Å². The first kappa shape index (κ1) is 31.6. The maximum absolute atomic E-state index is 2.51. The maximum Gasteiger partial charge on any atom is 0.0632 e. The van der Waals surface area contributed by atoms with Crippen molar-refractivity contribution >= 4 is 54.5 Å². The van der Waals surface area contributed by atoms with E-state index in [2.05, 4.69) is 211 Å². The quantitative estimate of drug-likeness (QED) is 0.162. The van der Waals surface area contributed by atoms with E-state index in [9.17, 15) is 0 Å². The van der Waals surface area contributed by atoms with Gasteiger partial charge < -0.3 is 4.90 Å². The Kier molecular flexibility index (Phi) is 7.38. The Labute approximate surface area is 321 Å². The summed E-state index contributed by atoms with van der Waals surface area (Å²) in [6.45, 7) is 0. The molecule has 1 heterocycles. The molecule has 0 N–H and O–H groups in total. The van der Waals surface area contributed by atoms with Gasteiger partial charge in [-0.2, -0.15) is 0 Å². The van der Waals surface area contributed by atoms with Gasteiger partial charge in [0.05, 0.1) is 6.04 Å². The van der Waals surface area contributed by atoms with Gasteiger partial charge >= 0.3 is 0 Å². The third-order valence-corrected chi connectivity index (χ3v) is 11.7. The molecule has 0 amide bonds. The first-order chi connectivity index (χ1) is 27.3. The summed E-state index contributed by atoms with van der Waals surface area (Å²) in [5, 5.41) is 10.1.